The molecule has 114 valence electrons. The van der Waals surface area contributed by atoms with E-state index in [1.54, 1.807) is 13.0 Å². The number of carbonyl (C=O) groups excluding carboxylic acids is 1. The number of hydrogen-bond donors (Lipinski definition) is 1. The molecule has 0 bridgehead atoms. The van der Waals surface area contributed by atoms with Crippen LogP contribution in [0.25, 0.3) is 6.08 Å². The van der Waals surface area contributed by atoms with Crippen molar-refractivity contribution in [3.63, 3.8) is 0 Å². The minimum absolute atomic E-state index is 0.310. The van der Waals surface area contributed by atoms with E-state index in [4.69, 9.17) is 4.74 Å². The quantitative estimate of drug-likeness (QED) is 0.877. The van der Waals surface area contributed by atoms with Gasteiger partial charge in [0.1, 0.15) is 9.88 Å². The van der Waals surface area contributed by atoms with E-state index in [-0.39, 0.29) is 5.97 Å². The maximum atomic E-state index is 12.1. The van der Waals surface area contributed by atoms with Gasteiger partial charge < -0.3 is 14.7 Å². The molecule has 0 fully saturated rings. The Kier molecular flexibility index (Phi) is 4.00. The maximum absolute atomic E-state index is 12.1. The first-order chi connectivity index (χ1) is 10.6. The van der Waals surface area contributed by atoms with Crippen molar-refractivity contribution in [2.45, 2.75) is 20.1 Å². The van der Waals surface area contributed by atoms with Crippen LogP contribution in [0, 0.1) is 6.92 Å². The van der Waals surface area contributed by atoms with Crippen LogP contribution in [0.1, 0.15) is 27.7 Å². The second-order valence-corrected chi connectivity index (χ2v) is 5.97. The molecule has 4 nitrogen and oxygen atoms in total. The summed E-state index contributed by atoms with van der Waals surface area (Å²) >= 11 is 1.36. The summed E-state index contributed by atoms with van der Waals surface area (Å²) in [6.45, 7) is 4.05. The van der Waals surface area contributed by atoms with Gasteiger partial charge in [0.2, 0.25) is 0 Å². The maximum Gasteiger partial charge on any atom is 0.348 e. The van der Waals surface area contributed by atoms with E-state index in [1.807, 2.05) is 48.2 Å². The van der Waals surface area contributed by atoms with Crippen molar-refractivity contribution in [3.05, 3.63) is 52.4 Å². The van der Waals surface area contributed by atoms with Crippen molar-refractivity contribution in [1.82, 2.24) is 0 Å². The molecule has 5 heteroatoms. The normalized spacial score (nSPS) is 16.5. The molecule has 0 saturated heterocycles. The first kappa shape index (κ1) is 14.8. The highest BCUT2D eigenvalue weighted by molar-refractivity contribution is 7.18. The van der Waals surface area contributed by atoms with Gasteiger partial charge in [0.15, 0.2) is 6.23 Å². The lowest BCUT2D eigenvalue weighted by Crippen LogP contribution is -2.30. The van der Waals surface area contributed by atoms with E-state index in [1.165, 1.54) is 11.3 Å². The fourth-order valence-electron chi connectivity index (χ4n) is 2.52. The zero-order valence-corrected chi connectivity index (χ0v) is 13.3. The van der Waals surface area contributed by atoms with Crippen LogP contribution < -0.4 is 4.90 Å². The summed E-state index contributed by atoms with van der Waals surface area (Å²) in [7, 11) is 0. The number of esters is 1. The van der Waals surface area contributed by atoms with E-state index in [9.17, 15) is 9.90 Å². The highest BCUT2D eigenvalue weighted by Gasteiger charge is 2.29. The van der Waals surface area contributed by atoms with Gasteiger partial charge in [-0.05, 0) is 37.6 Å². The molecule has 1 aliphatic heterocycles. The van der Waals surface area contributed by atoms with Crippen LogP contribution >= 0.6 is 11.3 Å². The summed E-state index contributed by atoms with van der Waals surface area (Å²) in [6, 6.07) is 9.65. The monoisotopic (exact) mass is 315 g/mol. The number of anilines is 2. The molecule has 1 aliphatic rings. The minimum atomic E-state index is -0.747. The number of hydrogen-bond acceptors (Lipinski definition) is 5. The van der Waals surface area contributed by atoms with Gasteiger partial charge in [0.25, 0.3) is 0 Å². The van der Waals surface area contributed by atoms with Gasteiger partial charge in [-0.3, -0.25) is 0 Å². The molecule has 3 rings (SSSR count). The third-order valence-corrected chi connectivity index (χ3v) is 4.87. The van der Waals surface area contributed by atoms with Gasteiger partial charge in [0, 0.05) is 11.3 Å². The van der Waals surface area contributed by atoms with Gasteiger partial charge in [-0.1, -0.05) is 24.3 Å². The Morgan fingerprint density at radius 3 is 2.77 bits per heavy atom. The molecule has 1 aromatic heterocycles. The molecule has 2 aromatic rings. The fourth-order valence-corrected chi connectivity index (χ4v) is 3.77. The average Bonchev–Trinajstić information content (AvgIpc) is 2.85. The lowest BCUT2D eigenvalue weighted by atomic mass is 10.1. The number of benzene rings is 1. The Balaban J connectivity index is 2.09. The van der Waals surface area contributed by atoms with Crippen LogP contribution in [0.15, 0.2) is 36.4 Å². The summed E-state index contributed by atoms with van der Waals surface area (Å²) in [6.07, 6.45) is 2.85. The fraction of sp³-hybridized carbons (Fsp3) is 0.235. The summed E-state index contributed by atoms with van der Waals surface area (Å²) in [5, 5.41) is 11.2. The van der Waals surface area contributed by atoms with Crippen molar-refractivity contribution in [3.8, 4) is 0 Å². The van der Waals surface area contributed by atoms with E-state index >= 15 is 0 Å². The number of aliphatic hydroxyl groups is 1. The number of aliphatic hydroxyl groups excluding tert-OH is 1. The molecule has 0 amide bonds. The standard InChI is InChI=1S/C17H17NO3S/c1-3-21-17(20)15-11(2)13-9-10-14(19)18(16(13)22-15)12-7-5-4-6-8-12/h4-10,14,19H,3H2,1-2H3. The Bertz CT molecular complexity index is 721. The van der Waals surface area contributed by atoms with Crippen molar-refractivity contribution in [2.75, 3.05) is 11.5 Å². The first-order valence-electron chi connectivity index (χ1n) is 7.14. The summed E-state index contributed by atoms with van der Waals surface area (Å²) in [4.78, 5) is 14.5. The SMILES string of the molecule is CCOC(=O)c1sc2c(c1C)C=CC(O)N2c1ccccc1. The summed E-state index contributed by atoms with van der Waals surface area (Å²) < 4.78 is 5.12. The van der Waals surface area contributed by atoms with E-state index < -0.39 is 6.23 Å². The highest BCUT2D eigenvalue weighted by Crippen LogP contribution is 2.43. The zero-order chi connectivity index (χ0) is 15.7. The second kappa shape index (κ2) is 5.94. The van der Waals surface area contributed by atoms with Crippen molar-refractivity contribution < 1.29 is 14.6 Å². The number of nitrogens with zero attached hydrogens (tertiary/aromatic N) is 1. The molecular weight excluding hydrogens is 298 g/mol. The van der Waals surface area contributed by atoms with Crippen LogP contribution in [0.5, 0.6) is 0 Å². The van der Waals surface area contributed by atoms with Gasteiger partial charge in [0.05, 0.1) is 6.61 Å². The van der Waals surface area contributed by atoms with E-state index in [0.717, 1.165) is 21.8 Å². The van der Waals surface area contributed by atoms with Gasteiger partial charge in [-0.25, -0.2) is 4.79 Å². The Morgan fingerprint density at radius 1 is 1.36 bits per heavy atom. The average molecular weight is 315 g/mol. The van der Waals surface area contributed by atoms with E-state index in [2.05, 4.69) is 0 Å². The Labute approximate surface area is 133 Å². The van der Waals surface area contributed by atoms with Gasteiger partial charge in [-0.2, -0.15) is 0 Å². The molecule has 0 radical (unpaired) electrons. The Morgan fingerprint density at radius 2 is 2.09 bits per heavy atom. The minimum Gasteiger partial charge on any atom is -0.462 e. The second-order valence-electron chi connectivity index (χ2n) is 4.97. The van der Waals surface area contributed by atoms with Crippen LogP contribution in [0.3, 0.4) is 0 Å². The molecule has 1 atom stereocenters. The summed E-state index contributed by atoms with van der Waals surface area (Å²) in [5.41, 5.74) is 2.74. The molecule has 2 heterocycles. The number of para-hydroxylation sites is 1. The molecule has 1 N–H and O–H groups in total. The largest absolute Gasteiger partial charge is 0.462 e. The number of ether oxygens (including phenoxy) is 1. The van der Waals surface area contributed by atoms with Gasteiger partial charge >= 0.3 is 5.97 Å². The Hall–Kier alpha value is -2.11. The highest BCUT2D eigenvalue weighted by atomic mass is 32.1. The lowest BCUT2D eigenvalue weighted by Gasteiger charge is -2.30. The van der Waals surface area contributed by atoms with Crippen molar-refractivity contribution >= 4 is 34.1 Å². The number of carbonyl (C=O) groups is 1. The predicted octanol–water partition coefficient (Wildman–Crippen LogP) is 3.72. The molecule has 0 saturated carbocycles. The number of rotatable bonds is 3. The predicted molar refractivity (Wildman–Crippen MR) is 88.6 cm³/mol. The zero-order valence-electron chi connectivity index (χ0n) is 12.4. The number of fused-ring (bicyclic) bond motifs is 1. The molecule has 1 aromatic carbocycles. The third kappa shape index (κ3) is 2.42. The van der Waals surface area contributed by atoms with Crippen LogP contribution in [0.2, 0.25) is 0 Å². The molecule has 1 unspecified atom stereocenters. The van der Waals surface area contributed by atoms with Crippen LogP contribution in [0.4, 0.5) is 10.7 Å². The van der Waals surface area contributed by atoms with Crippen LogP contribution in [-0.4, -0.2) is 23.9 Å². The first-order valence-corrected chi connectivity index (χ1v) is 7.96. The molecular formula is C17H17NO3S. The number of thiophene rings is 1. The molecule has 22 heavy (non-hydrogen) atoms. The molecule has 0 spiro atoms. The third-order valence-electron chi connectivity index (χ3n) is 3.59. The van der Waals surface area contributed by atoms with Gasteiger partial charge in [-0.15, -0.1) is 11.3 Å². The van der Waals surface area contributed by atoms with Crippen LogP contribution in [-0.2, 0) is 4.74 Å². The molecule has 0 aliphatic carbocycles. The van der Waals surface area contributed by atoms with Crippen molar-refractivity contribution in [2.24, 2.45) is 0 Å². The smallest absolute Gasteiger partial charge is 0.348 e. The topological polar surface area (TPSA) is 49.8 Å². The van der Waals surface area contributed by atoms with Crippen molar-refractivity contribution in [1.29, 1.82) is 0 Å². The lowest BCUT2D eigenvalue weighted by molar-refractivity contribution is 0.0531. The van der Waals surface area contributed by atoms with E-state index in [0.29, 0.717) is 11.5 Å². The summed E-state index contributed by atoms with van der Waals surface area (Å²) in [5.74, 6) is -0.310.